The molecule has 1 amide bonds. The lowest BCUT2D eigenvalue weighted by atomic mass is 10.1. The average Bonchev–Trinajstić information content (AvgIpc) is 2.73. The second-order valence-electron chi connectivity index (χ2n) is 9.16. The summed E-state index contributed by atoms with van der Waals surface area (Å²) < 4.78 is 10.4. The summed E-state index contributed by atoms with van der Waals surface area (Å²) in [5.74, 6) is -0.478. The van der Waals surface area contributed by atoms with E-state index in [0.29, 0.717) is 6.42 Å². The number of esters is 1. The molecule has 2 atom stereocenters. The van der Waals surface area contributed by atoms with Gasteiger partial charge in [0.15, 0.2) is 0 Å². The molecule has 1 N–H and O–H groups in total. The third-order valence-electron chi connectivity index (χ3n) is 4.68. The van der Waals surface area contributed by atoms with Crippen molar-refractivity contribution in [2.24, 2.45) is 0 Å². The van der Waals surface area contributed by atoms with Crippen molar-refractivity contribution >= 4 is 22.8 Å². The van der Waals surface area contributed by atoms with Gasteiger partial charge in [-0.1, -0.05) is 78.4 Å². The van der Waals surface area contributed by atoms with Crippen LogP contribution in [0.4, 0.5) is 4.79 Å². The van der Waals surface area contributed by atoms with Gasteiger partial charge < -0.3 is 14.8 Å². The third kappa shape index (κ3) is 9.77. The molecule has 0 fully saturated rings. The van der Waals surface area contributed by atoms with E-state index in [-0.39, 0.29) is 6.10 Å². The minimum absolute atomic E-state index is 0.266. The Morgan fingerprint density at radius 1 is 0.879 bits per heavy atom. The highest BCUT2D eigenvalue weighted by Gasteiger charge is 2.23. The fourth-order valence-corrected chi connectivity index (χ4v) is 3.14. The molecule has 0 aliphatic rings. The first-order valence-electron chi connectivity index (χ1n) is 11.2. The summed E-state index contributed by atoms with van der Waals surface area (Å²) >= 11 is 0. The van der Waals surface area contributed by atoms with Gasteiger partial charge in [-0.05, 0) is 57.9 Å². The first kappa shape index (κ1) is 25.9. The van der Waals surface area contributed by atoms with Gasteiger partial charge in [0.2, 0.25) is 0 Å². The molecule has 0 saturated heterocycles. The van der Waals surface area contributed by atoms with Crippen molar-refractivity contribution in [1.29, 1.82) is 0 Å². The Balaban J connectivity index is 0.000000288. The van der Waals surface area contributed by atoms with Gasteiger partial charge in [0.05, 0.1) is 0 Å². The van der Waals surface area contributed by atoms with Crippen LogP contribution in [0.3, 0.4) is 0 Å². The van der Waals surface area contributed by atoms with E-state index in [1.54, 1.807) is 27.7 Å². The Morgan fingerprint density at radius 3 is 2.12 bits per heavy atom. The molecule has 0 spiro atoms. The van der Waals surface area contributed by atoms with Gasteiger partial charge in [-0.2, -0.15) is 0 Å². The van der Waals surface area contributed by atoms with Crippen LogP contribution in [0.25, 0.3) is 10.8 Å². The van der Waals surface area contributed by atoms with Crippen molar-refractivity contribution in [2.45, 2.75) is 65.7 Å². The number of alkyl carbamates (subject to hydrolysis) is 1. The predicted octanol–water partition coefficient (Wildman–Crippen LogP) is 6.22. The Labute approximate surface area is 197 Å². The molecule has 0 saturated carbocycles. The maximum Gasteiger partial charge on any atom is 0.408 e. The van der Waals surface area contributed by atoms with Gasteiger partial charge in [0.25, 0.3) is 0 Å². The largest absolute Gasteiger partial charge is 0.461 e. The highest BCUT2D eigenvalue weighted by atomic mass is 16.6. The second-order valence-corrected chi connectivity index (χ2v) is 9.16. The van der Waals surface area contributed by atoms with E-state index < -0.39 is 23.7 Å². The van der Waals surface area contributed by atoms with E-state index in [9.17, 15) is 9.59 Å². The normalized spacial score (nSPS) is 12.7. The average molecular weight is 450 g/mol. The van der Waals surface area contributed by atoms with E-state index in [1.165, 1.54) is 16.3 Å². The number of fused-ring (bicyclic) bond motifs is 1. The zero-order valence-electron chi connectivity index (χ0n) is 20.4. The summed E-state index contributed by atoms with van der Waals surface area (Å²) in [4.78, 5) is 23.6. The number of amides is 1. The summed E-state index contributed by atoms with van der Waals surface area (Å²) in [6.45, 7) is 10.8. The van der Waals surface area contributed by atoms with Crippen LogP contribution in [0, 0.1) is 6.92 Å². The minimum atomic E-state index is -0.756. The summed E-state index contributed by atoms with van der Waals surface area (Å²) in [5, 5.41) is 5.11. The summed E-state index contributed by atoms with van der Waals surface area (Å²) in [6.07, 6.45) is -0.267. The molecule has 0 aliphatic heterocycles. The molecule has 5 heteroatoms. The van der Waals surface area contributed by atoms with E-state index in [2.05, 4.69) is 54.7 Å². The van der Waals surface area contributed by atoms with Crippen LogP contribution in [-0.4, -0.2) is 29.8 Å². The Bertz CT molecular complexity index is 1040. The van der Waals surface area contributed by atoms with Gasteiger partial charge in [-0.25, -0.2) is 9.59 Å². The number of hydrogen-bond acceptors (Lipinski definition) is 4. The number of carbonyl (C=O) groups excluding carboxylic acids is 2. The molecule has 3 aromatic carbocycles. The van der Waals surface area contributed by atoms with Gasteiger partial charge in [-0.3, -0.25) is 0 Å². The van der Waals surface area contributed by atoms with Crippen molar-refractivity contribution < 1.29 is 19.1 Å². The SMILES string of the molecule is C[C@H](NC(=O)OC(C)(C)C)C(=O)O[C@@H](C)Cc1ccccc1.Cc1ccc2ccccc2c1. The topological polar surface area (TPSA) is 64.6 Å². The number of ether oxygens (including phenoxy) is 2. The van der Waals surface area contributed by atoms with Crippen LogP contribution in [-0.2, 0) is 20.7 Å². The Kier molecular flexibility index (Phi) is 9.46. The van der Waals surface area contributed by atoms with Crippen LogP contribution in [0.1, 0.15) is 45.7 Å². The maximum atomic E-state index is 12.0. The second kappa shape index (κ2) is 12.0. The van der Waals surface area contributed by atoms with Crippen LogP contribution < -0.4 is 5.32 Å². The van der Waals surface area contributed by atoms with Gasteiger partial charge >= 0.3 is 12.1 Å². The number of nitrogens with one attached hydrogen (secondary N) is 1. The molecule has 176 valence electrons. The van der Waals surface area contributed by atoms with Gasteiger partial charge in [0, 0.05) is 6.42 Å². The monoisotopic (exact) mass is 449 g/mol. The van der Waals surface area contributed by atoms with E-state index >= 15 is 0 Å². The van der Waals surface area contributed by atoms with Crippen LogP contribution in [0.15, 0.2) is 72.8 Å². The number of hydrogen-bond donors (Lipinski definition) is 1. The van der Waals surface area contributed by atoms with Crippen LogP contribution >= 0.6 is 0 Å². The predicted molar refractivity (Wildman–Crippen MR) is 133 cm³/mol. The van der Waals surface area contributed by atoms with Crippen LogP contribution in [0.5, 0.6) is 0 Å². The van der Waals surface area contributed by atoms with Gasteiger partial charge in [0.1, 0.15) is 17.7 Å². The molecule has 5 nitrogen and oxygen atoms in total. The molecule has 0 unspecified atom stereocenters. The molecular weight excluding hydrogens is 414 g/mol. The Hall–Kier alpha value is -3.34. The summed E-state index contributed by atoms with van der Waals surface area (Å²) in [6, 6.07) is 23.9. The lowest BCUT2D eigenvalue weighted by Crippen LogP contribution is -2.43. The smallest absolute Gasteiger partial charge is 0.408 e. The quantitative estimate of drug-likeness (QED) is 0.470. The van der Waals surface area contributed by atoms with E-state index in [4.69, 9.17) is 9.47 Å². The molecule has 0 heterocycles. The first-order valence-corrected chi connectivity index (χ1v) is 11.2. The number of carbonyl (C=O) groups is 2. The molecule has 0 radical (unpaired) electrons. The lowest BCUT2D eigenvalue weighted by Gasteiger charge is -2.22. The number of aryl methyl sites for hydroxylation is 1. The highest BCUT2D eigenvalue weighted by Crippen LogP contribution is 2.14. The highest BCUT2D eigenvalue weighted by molar-refractivity contribution is 5.83. The van der Waals surface area contributed by atoms with E-state index in [1.807, 2.05) is 37.3 Å². The molecule has 3 rings (SSSR count). The van der Waals surface area contributed by atoms with Crippen molar-refractivity contribution in [2.75, 3.05) is 0 Å². The Morgan fingerprint density at radius 2 is 1.48 bits per heavy atom. The lowest BCUT2D eigenvalue weighted by molar-refractivity contribution is -0.150. The third-order valence-corrected chi connectivity index (χ3v) is 4.68. The molecular formula is C28H35NO4. The fraction of sp³-hybridized carbons (Fsp3) is 0.357. The molecule has 0 aromatic heterocycles. The van der Waals surface area contributed by atoms with Crippen molar-refractivity contribution in [3.63, 3.8) is 0 Å². The van der Waals surface area contributed by atoms with Crippen molar-refractivity contribution in [3.05, 3.63) is 83.9 Å². The molecule has 0 bridgehead atoms. The molecule has 0 aliphatic carbocycles. The first-order chi connectivity index (χ1) is 15.5. The van der Waals surface area contributed by atoms with Crippen molar-refractivity contribution in [1.82, 2.24) is 5.32 Å². The number of rotatable bonds is 5. The minimum Gasteiger partial charge on any atom is -0.461 e. The van der Waals surface area contributed by atoms with Gasteiger partial charge in [-0.15, -0.1) is 0 Å². The standard InChI is InChI=1S/C17H25NO4.C11H10/c1-12(11-14-9-7-6-8-10-14)21-15(19)13(2)18-16(20)22-17(3,4)5;1-9-6-7-10-4-2-3-5-11(10)8-9/h6-10,12-13H,11H2,1-5H3,(H,18,20);2-8H,1H3/t12-,13-;/m0./s1. The fourth-order valence-electron chi connectivity index (χ4n) is 3.14. The van der Waals surface area contributed by atoms with Crippen LogP contribution in [0.2, 0.25) is 0 Å². The zero-order valence-corrected chi connectivity index (χ0v) is 20.4. The maximum absolute atomic E-state index is 12.0. The van der Waals surface area contributed by atoms with E-state index in [0.717, 1.165) is 5.56 Å². The number of benzene rings is 3. The molecule has 3 aromatic rings. The van der Waals surface area contributed by atoms with Crippen molar-refractivity contribution in [3.8, 4) is 0 Å². The summed E-state index contributed by atoms with van der Waals surface area (Å²) in [5.41, 5.74) is 1.81. The molecule has 33 heavy (non-hydrogen) atoms. The zero-order chi connectivity index (χ0) is 24.4. The summed E-state index contributed by atoms with van der Waals surface area (Å²) in [7, 11) is 0.